The lowest BCUT2D eigenvalue weighted by Crippen LogP contribution is -2.19. The van der Waals surface area contributed by atoms with Gasteiger partial charge in [0.05, 0.1) is 0 Å². The Kier molecular flexibility index (Phi) is 3.42. The average molecular weight is 153 g/mol. The lowest BCUT2D eigenvalue weighted by molar-refractivity contribution is 0.226. The van der Waals surface area contributed by atoms with Crippen LogP contribution in [0.4, 0.5) is 0 Å². The fourth-order valence-electron chi connectivity index (χ4n) is 2.12. The van der Waals surface area contributed by atoms with Gasteiger partial charge in [-0.15, -0.1) is 0 Å². The summed E-state index contributed by atoms with van der Waals surface area (Å²) in [6.07, 6.45) is 7.31. The third-order valence-electron chi connectivity index (χ3n) is 3.29. The van der Waals surface area contributed by atoms with E-state index in [1.807, 2.05) is 0 Å². The minimum atomic E-state index is 0.637. The van der Waals surface area contributed by atoms with Gasteiger partial charge in [0.2, 0.25) is 0 Å². The molecule has 0 aliphatic heterocycles. The third-order valence-corrected chi connectivity index (χ3v) is 3.29. The molecular formula is C11H21. The van der Waals surface area contributed by atoms with Gasteiger partial charge in [0.1, 0.15) is 0 Å². The quantitative estimate of drug-likeness (QED) is 0.568. The molecule has 0 aromatic carbocycles. The molecule has 0 amide bonds. The van der Waals surface area contributed by atoms with E-state index in [1.54, 1.807) is 0 Å². The summed E-state index contributed by atoms with van der Waals surface area (Å²) in [6, 6.07) is 0. The molecule has 0 aromatic heterocycles. The van der Waals surface area contributed by atoms with Crippen molar-refractivity contribution in [2.75, 3.05) is 0 Å². The Bertz CT molecular complexity index is 98.6. The molecule has 65 valence electrons. The minimum Gasteiger partial charge on any atom is -0.0622 e. The summed E-state index contributed by atoms with van der Waals surface area (Å²) in [5.41, 5.74) is 0. The maximum absolute atomic E-state index is 4.11. The summed E-state index contributed by atoms with van der Waals surface area (Å²) in [5.74, 6) is 2.46. The van der Waals surface area contributed by atoms with Crippen LogP contribution in [0.2, 0.25) is 0 Å². The molecule has 0 saturated heterocycles. The van der Waals surface area contributed by atoms with Crippen molar-refractivity contribution in [3.63, 3.8) is 0 Å². The second-order valence-corrected chi connectivity index (χ2v) is 4.23. The molecule has 0 bridgehead atoms. The SMILES string of the molecule is [CH2]C(C)C(C)C1CCCCC1. The van der Waals surface area contributed by atoms with Gasteiger partial charge in [0.15, 0.2) is 0 Å². The standard InChI is InChI=1S/C11H21/c1-9(2)10(3)11-7-5-4-6-8-11/h9-11H,1,4-8H2,2-3H3. The highest BCUT2D eigenvalue weighted by Crippen LogP contribution is 2.33. The monoisotopic (exact) mass is 153 g/mol. The molecule has 0 spiro atoms. The molecule has 1 aliphatic carbocycles. The van der Waals surface area contributed by atoms with E-state index >= 15 is 0 Å². The Balaban J connectivity index is 2.32. The highest BCUT2D eigenvalue weighted by molar-refractivity contribution is 4.75. The molecule has 0 nitrogen and oxygen atoms in total. The van der Waals surface area contributed by atoms with Gasteiger partial charge in [-0.05, 0) is 17.8 Å². The van der Waals surface area contributed by atoms with E-state index in [0.29, 0.717) is 5.92 Å². The molecule has 2 atom stereocenters. The molecule has 0 aromatic rings. The largest absolute Gasteiger partial charge is 0.0622 e. The molecule has 1 fully saturated rings. The second kappa shape index (κ2) is 4.13. The molecule has 1 aliphatic rings. The molecule has 0 N–H and O–H groups in total. The first-order valence-corrected chi connectivity index (χ1v) is 5.05. The number of hydrogen-bond donors (Lipinski definition) is 0. The van der Waals surface area contributed by atoms with Crippen molar-refractivity contribution in [1.29, 1.82) is 0 Å². The number of hydrogen-bond acceptors (Lipinski definition) is 0. The van der Waals surface area contributed by atoms with Gasteiger partial charge < -0.3 is 0 Å². The molecular weight excluding hydrogens is 132 g/mol. The van der Waals surface area contributed by atoms with E-state index in [4.69, 9.17) is 0 Å². The first-order valence-electron chi connectivity index (χ1n) is 5.05. The van der Waals surface area contributed by atoms with Gasteiger partial charge in [0, 0.05) is 0 Å². The molecule has 0 heteroatoms. The van der Waals surface area contributed by atoms with Crippen LogP contribution in [0.15, 0.2) is 0 Å². The van der Waals surface area contributed by atoms with Crippen molar-refractivity contribution in [3.8, 4) is 0 Å². The average Bonchev–Trinajstić information content (AvgIpc) is 2.05. The van der Waals surface area contributed by atoms with Crippen LogP contribution in [0.25, 0.3) is 0 Å². The van der Waals surface area contributed by atoms with Gasteiger partial charge >= 0.3 is 0 Å². The van der Waals surface area contributed by atoms with Crippen molar-refractivity contribution >= 4 is 0 Å². The maximum atomic E-state index is 4.11. The summed E-state index contributed by atoms with van der Waals surface area (Å²) in [7, 11) is 0. The highest BCUT2D eigenvalue weighted by atomic mass is 14.3. The topological polar surface area (TPSA) is 0 Å². The van der Waals surface area contributed by atoms with Crippen molar-refractivity contribution in [2.45, 2.75) is 46.0 Å². The Morgan fingerprint density at radius 1 is 1.09 bits per heavy atom. The van der Waals surface area contributed by atoms with Crippen LogP contribution in [0.1, 0.15) is 46.0 Å². The zero-order valence-corrected chi connectivity index (χ0v) is 7.97. The van der Waals surface area contributed by atoms with Gasteiger partial charge in [-0.1, -0.05) is 52.9 Å². The summed E-state index contributed by atoms with van der Waals surface area (Å²) < 4.78 is 0. The van der Waals surface area contributed by atoms with Crippen molar-refractivity contribution in [3.05, 3.63) is 6.92 Å². The zero-order chi connectivity index (χ0) is 8.27. The summed E-state index contributed by atoms with van der Waals surface area (Å²) >= 11 is 0. The lowest BCUT2D eigenvalue weighted by Gasteiger charge is -2.29. The van der Waals surface area contributed by atoms with Crippen molar-refractivity contribution in [1.82, 2.24) is 0 Å². The summed E-state index contributed by atoms with van der Waals surface area (Å²) in [6.45, 7) is 8.73. The Morgan fingerprint density at radius 3 is 2.09 bits per heavy atom. The molecule has 1 rings (SSSR count). The second-order valence-electron chi connectivity index (χ2n) is 4.23. The lowest BCUT2D eigenvalue weighted by atomic mass is 9.76. The van der Waals surface area contributed by atoms with Gasteiger partial charge in [0.25, 0.3) is 0 Å². The Hall–Kier alpha value is 0. The van der Waals surface area contributed by atoms with Crippen LogP contribution < -0.4 is 0 Å². The van der Waals surface area contributed by atoms with Crippen LogP contribution >= 0.6 is 0 Å². The van der Waals surface area contributed by atoms with Crippen LogP contribution in [-0.2, 0) is 0 Å². The maximum Gasteiger partial charge on any atom is -0.0386 e. The van der Waals surface area contributed by atoms with Gasteiger partial charge in [-0.2, -0.15) is 0 Å². The number of rotatable bonds is 2. The summed E-state index contributed by atoms with van der Waals surface area (Å²) in [5, 5.41) is 0. The van der Waals surface area contributed by atoms with Crippen LogP contribution in [0.3, 0.4) is 0 Å². The fraction of sp³-hybridized carbons (Fsp3) is 0.909. The summed E-state index contributed by atoms with van der Waals surface area (Å²) in [4.78, 5) is 0. The molecule has 11 heavy (non-hydrogen) atoms. The molecule has 0 heterocycles. The molecule has 1 saturated carbocycles. The first-order chi connectivity index (χ1) is 5.22. The predicted octanol–water partition coefficient (Wildman–Crippen LogP) is 3.67. The zero-order valence-electron chi connectivity index (χ0n) is 7.97. The van der Waals surface area contributed by atoms with E-state index in [9.17, 15) is 0 Å². The van der Waals surface area contributed by atoms with Crippen LogP contribution in [0.5, 0.6) is 0 Å². The van der Waals surface area contributed by atoms with E-state index in [-0.39, 0.29) is 0 Å². The normalized spacial score (nSPS) is 24.0. The van der Waals surface area contributed by atoms with E-state index in [2.05, 4.69) is 20.8 Å². The highest BCUT2D eigenvalue weighted by Gasteiger charge is 2.21. The first kappa shape index (κ1) is 9.09. The van der Waals surface area contributed by atoms with Gasteiger partial charge in [-0.3, -0.25) is 0 Å². The fourth-order valence-corrected chi connectivity index (χ4v) is 2.12. The van der Waals surface area contributed by atoms with Crippen molar-refractivity contribution < 1.29 is 0 Å². The van der Waals surface area contributed by atoms with E-state index in [1.165, 1.54) is 32.1 Å². The van der Waals surface area contributed by atoms with E-state index in [0.717, 1.165) is 11.8 Å². The van der Waals surface area contributed by atoms with Gasteiger partial charge in [-0.25, -0.2) is 0 Å². The smallest absolute Gasteiger partial charge is 0.0386 e. The minimum absolute atomic E-state index is 0.637. The molecule has 1 radical (unpaired) electrons. The van der Waals surface area contributed by atoms with Crippen LogP contribution in [-0.4, -0.2) is 0 Å². The third kappa shape index (κ3) is 2.50. The van der Waals surface area contributed by atoms with Crippen molar-refractivity contribution in [2.24, 2.45) is 17.8 Å². The molecule has 2 unspecified atom stereocenters. The predicted molar refractivity (Wildman–Crippen MR) is 50.3 cm³/mol. The van der Waals surface area contributed by atoms with E-state index < -0.39 is 0 Å². The van der Waals surface area contributed by atoms with Crippen LogP contribution in [0, 0.1) is 24.7 Å². The Morgan fingerprint density at radius 2 is 1.64 bits per heavy atom. The Labute approximate surface area is 71.4 Å².